The van der Waals surface area contributed by atoms with Gasteiger partial charge in [0.25, 0.3) is 0 Å². The molecule has 0 spiro atoms. The van der Waals surface area contributed by atoms with Crippen molar-refractivity contribution in [2.75, 3.05) is 7.11 Å². The van der Waals surface area contributed by atoms with Crippen molar-refractivity contribution in [1.29, 1.82) is 0 Å². The van der Waals surface area contributed by atoms with E-state index in [9.17, 15) is 13.2 Å². The Bertz CT molecular complexity index is 943. The Morgan fingerprint density at radius 3 is 2.56 bits per heavy atom. The van der Waals surface area contributed by atoms with Crippen LogP contribution in [0, 0.1) is 3.57 Å². The molecule has 1 aromatic heterocycles. The predicted molar refractivity (Wildman–Crippen MR) is 100 cm³/mol. The average molecular weight is 478 g/mol. The molecule has 0 aliphatic carbocycles. The van der Waals surface area contributed by atoms with Gasteiger partial charge in [-0.05, 0) is 52.4 Å². The minimum absolute atomic E-state index is 0.0217. The lowest BCUT2D eigenvalue weighted by Gasteiger charge is -2.16. The molecular weight excluding hydrogens is 466 g/mol. The standard InChI is InChI=1S/C18H12ClF3INO/c1-25-17-13(8-10-4-2-3-5-14(10)18(20,21)22)16(19)12-9-11(23)6-7-15(12)24-17/h2-7,9H,8H2,1H3. The molecule has 0 bridgehead atoms. The molecule has 25 heavy (non-hydrogen) atoms. The quantitative estimate of drug-likeness (QED) is 0.425. The molecule has 0 aliphatic heterocycles. The van der Waals surface area contributed by atoms with Crippen LogP contribution < -0.4 is 4.74 Å². The Balaban J connectivity index is 2.18. The van der Waals surface area contributed by atoms with Crippen molar-refractivity contribution in [3.63, 3.8) is 0 Å². The Morgan fingerprint density at radius 2 is 1.88 bits per heavy atom. The highest BCUT2D eigenvalue weighted by molar-refractivity contribution is 14.1. The van der Waals surface area contributed by atoms with Gasteiger partial charge in [-0.2, -0.15) is 13.2 Å². The average Bonchev–Trinajstić information content (AvgIpc) is 2.57. The van der Waals surface area contributed by atoms with E-state index in [0.717, 1.165) is 9.64 Å². The van der Waals surface area contributed by atoms with E-state index >= 15 is 0 Å². The summed E-state index contributed by atoms with van der Waals surface area (Å²) in [7, 11) is 1.43. The fraction of sp³-hybridized carbons (Fsp3) is 0.167. The minimum Gasteiger partial charge on any atom is -0.481 e. The summed E-state index contributed by atoms with van der Waals surface area (Å²) in [5, 5.41) is 1.05. The fourth-order valence-corrected chi connectivity index (χ4v) is 3.47. The molecule has 130 valence electrons. The second-order valence-corrected chi connectivity index (χ2v) is 7.03. The molecule has 3 rings (SSSR count). The first kappa shape index (κ1) is 18.3. The van der Waals surface area contributed by atoms with Crippen LogP contribution in [-0.4, -0.2) is 12.1 Å². The first-order valence-electron chi connectivity index (χ1n) is 7.28. The number of methoxy groups -OCH3 is 1. The summed E-state index contributed by atoms with van der Waals surface area (Å²) in [6, 6.07) is 11.0. The number of aromatic nitrogens is 1. The lowest BCUT2D eigenvalue weighted by atomic mass is 9.99. The van der Waals surface area contributed by atoms with E-state index in [0.29, 0.717) is 21.5 Å². The number of pyridine rings is 1. The molecule has 0 N–H and O–H groups in total. The Labute approximate surface area is 161 Å². The summed E-state index contributed by atoms with van der Waals surface area (Å²) in [4.78, 5) is 4.39. The van der Waals surface area contributed by atoms with E-state index in [-0.39, 0.29) is 17.9 Å². The summed E-state index contributed by atoms with van der Waals surface area (Å²) in [5.41, 5.74) is 0.517. The fourth-order valence-electron chi connectivity index (χ4n) is 2.68. The van der Waals surface area contributed by atoms with Crippen LogP contribution in [0.1, 0.15) is 16.7 Å². The maximum absolute atomic E-state index is 13.3. The number of ether oxygens (including phenoxy) is 1. The van der Waals surface area contributed by atoms with E-state index in [2.05, 4.69) is 27.6 Å². The topological polar surface area (TPSA) is 22.1 Å². The van der Waals surface area contributed by atoms with Crippen molar-refractivity contribution in [2.24, 2.45) is 0 Å². The van der Waals surface area contributed by atoms with Crippen LogP contribution in [0.4, 0.5) is 13.2 Å². The molecule has 0 fully saturated rings. The second kappa shape index (κ2) is 6.99. The number of hydrogen-bond acceptors (Lipinski definition) is 2. The van der Waals surface area contributed by atoms with Gasteiger partial charge in [0.1, 0.15) is 0 Å². The highest BCUT2D eigenvalue weighted by Gasteiger charge is 2.33. The zero-order chi connectivity index (χ0) is 18.2. The Hall–Kier alpha value is -1.54. The number of halogens is 5. The third-order valence-corrected chi connectivity index (χ3v) is 4.93. The Morgan fingerprint density at radius 1 is 1.16 bits per heavy atom. The van der Waals surface area contributed by atoms with Crippen molar-refractivity contribution in [2.45, 2.75) is 12.6 Å². The highest BCUT2D eigenvalue weighted by Crippen LogP contribution is 2.38. The third kappa shape index (κ3) is 3.69. The third-order valence-electron chi connectivity index (χ3n) is 3.82. The SMILES string of the molecule is COc1nc2ccc(I)cc2c(Cl)c1Cc1ccccc1C(F)(F)F. The number of nitrogens with zero attached hydrogens (tertiary/aromatic N) is 1. The number of hydrogen-bond donors (Lipinski definition) is 0. The van der Waals surface area contributed by atoms with Crippen LogP contribution in [0.2, 0.25) is 5.02 Å². The van der Waals surface area contributed by atoms with Crippen molar-refractivity contribution in [1.82, 2.24) is 4.98 Å². The maximum Gasteiger partial charge on any atom is 0.416 e. The molecule has 0 saturated heterocycles. The van der Waals surface area contributed by atoms with Crippen LogP contribution in [0.5, 0.6) is 5.88 Å². The number of benzene rings is 2. The van der Waals surface area contributed by atoms with Crippen molar-refractivity contribution in [3.8, 4) is 5.88 Å². The molecule has 3 aromatic rings. The van der Waals surface area contributed by atoms with E-state index in [1.807, 2.05) is 12.1 Å². The van der Waals surface area contributed by atoms with Crippen LogP contribution >= 0.6 is 34.2 Å². The molecular formula is C18H12ClF3INO. The lowest BCUT2D eigenvalue weighted by Crippen LogP contribution is -2.10. The van der Waals surface area contributed by atoms with E-state index in [4.69, 9.17) is 16.3 Å². The van der Waals surface area contributed by atoms with Crippen LogP contribution in [0.3, 0.4) is 0 Å². The summed E-state index contributed by atoms with van der Waals surface area (Å²) < 4.78 is 46.0. The van der Waals surface area contributed by atoms with Gasteiger partial charge < -0.3 is 4.74 Å². The number of fused-ring (bicyclic) bond motifs is 1. The van der Waals surface area contributed by atoms with Crippen molar-refractivity contribution < 1.29 is 17.9 Å². The molecule has 0 saturated carbocycles. The largest absolute Gasteiger partial charge is 0.481 e. The normalized spacial score (nSPS) is 11.8. The summed E-state index contributed by atoms with van der Waals surface area (Å²) >= 11 is 8.66. The van der Waals surface area contributed by atoms with Gasteiger partial charge in [-0.3, -0.25) is 0 Å². The molecule has 2 aromatic carbocycles. The first-order chi connectivity index (χ1) is 11.8. The van der Waals surface area contributed by atoms with Gasteiger partial charge in [0.15, 0.2) is 0 Å². The summed E-state index contributed by atoms with van der Waals surface area (Å²) in [6.07, 6.45) is -4.46. The van der Waals surface area contributed by atoms with Crippen LogP contribution in [0.15, 0.2) is 42.5 Å². The van der Waals surface area contributed by atoms with E-state index in [1.54, 1.807) is 12.1 Å². The molecule has 0 radical (unpaired) electrons. The van der Waals surface area contributed by atoms with Gasteiger partial charge >= 0.3 is 6.18 Å². The van der Waals surface area contributed by atoms with Crippen molar-refractivity contribution in [3.05, 3.63) is 67.7 Å². The molecule has 0 atom stereocenters. The first-order valence-corrected chi connectivity index (χ1v) is 8.73. The molecule has 0 unspecified atom stereocenters. The summed E-state index contributed by atoms with van der Waals surface area (Å²) in [6.45, 7) is 0. The highest BCUT2D eigenvalue weighted by atomic mass is 127. The zero-order valence-corrected chi connectivity index (χ0v) is 15.9. The van der Waals surface area contributed by atoms with Gasteiger partial charge in [0, 0.05) is 20.9 Å². The van der Waals surface area contributed by atoms with Gasteiger partial charge in [-0.1, -0.05) is 29.8 Å². The Kier molecular flexibility index (Phi) is 5.11. The van der Waals surface area contributed by atoms with Gasteiger partial charge in [0.05, 0.1) is 23.2 Å². The number of rotatable bonds is 3. The minimum atomic E-state index is -4.43. The molecule has 0 aliphatic rings. The van der Waals surface area contributed by atoms with Gasteiger partial charge in [-0.25, -0.2) is 4.98 Å². The summed E-state index contributed by atoms with van der Waals surface area (Å²) in [5.74, 6) is 0.232. The molecule has 0 amide bonds. The van der Waals surface area contributed by atoms with Gasteiger partial charge in [-0.15, -0.1) is 0 Å². The monoisotopic (exact) mass is 477 g/mol. The zero-order valence-electron chi connectivity index (χ0n) is 13.0. The van der Waals surface area contributed by atoms with Crippen LogP contribution in [-0.2, 0) is 12.6 Å². The van der Waals surface area contributed by atoms with Gasteiger partial charge in [0.2, 0.25) is 5.88 Å². The lowest BCUT2D eigenvalue weighted by molar-refractivity contribution is -0.138. The van der Waals surface area contributed by atoms with Crippen LogP contribution in [0.25, 0.3) is 10.9 Å². The predicted octanol–water partition coefficient (Wildman–Crippen LogP) is 6.11. The maximum atomic E-state index is 13.3. The smallest absolute Gasteiger partial charge is 0.416 e. The molecule has 1 heterocycles. The van der Waals surface area contributed by atoms with E-state index in [1.165, 1.54) is 19.2 Å². The number of alkyl halides is 3. The molecule has 7 heteroatoms. The van der Waals surface area contributed by atoms with E-state index < -0.39 is 11.7 Å². The second-order valence-electron chi connectivity index (χ2n) is 5.41. The molecule has 2 nitrogen and oxygen atoms in total. The van der Waals surface area contributed by atoms with Crippen molar-refractivity contribution >= 4 is 45.1 Å².